The predicted octanol–water partition coefficient (Wildman–Crippen LogP) is 5.44. The molecule has 6 nitrogen and oxygen atoms in total. The highest BCUT2D eigenvalue weighted by molar-refractivity contribution is 6.30. The summed E-state index contributed by atoms with van der Waals surface area (Å²) in [4.78, 5) is 33.2. The van der Waals surface area contributed by atoms with Gasteiger partial charge in [-0.3, -0.25) is 14.8 Å². The number of amides is 2. The number of anilines is 2. The molecule has 1 heterocycles. The summed E-state index contributed by atoms with van der Waals surface area (Å²) in [5, 5.41) is 5.15. The molecule has 0 aliphatic carbocycles. The Morgan fingerprint density at radius 2 is 1.65 bits per heavy atom. The van der Waals surface area contributed by atoms with E-state index in [2.05, 4.69) is 20.6 Å². The van der Waals surface area contributed by atoms with Crippen LogP contribution in [-0.4, -0.2) is 21.8 Å². The van der Waals surface area contributed by atoms with Crippen LogP contribution in [0.25, 0.3) is 11.0 Å². The number of hydrogen-bond donors (Lipinski definition) is 2. The maximum Gasteiger partial charge on any atom is 0.323 e. The van der Waals surface area contributed by atoms with Gasteiger partial charge in [-0.25, -0.2) is 13.6 Å². The summed E-state index contributed by atoms with van der Waals surface area (Å²) in [5.74, 6) is -3.13. The van der Waals surface area contributed by atoms with Gasteiger partial charge in [0.2, 0.25) is 0 Å². The molecule has 1 aromatic heterocycles. The lowest BCUT2D eigenvalue weighted by molar-refractivity contribution is 0.103. The molecule has 4 rings (SSSR count). The van der Waals surface area contributed by atoms with Gasteiger partial charge in [-0.05, 0) is 48.5 Å². The molecular formula is C22H13ClF2N4O2. The van der Waals surface area contributed by atoms with Gasteiger partial charge >= 0.3 is 6.03 Å². The van der Waals surface area contributed by atoms with Crippen molar-refractivity contribution in [2.45, 2.75) is 0 Å². The van der Waals surface area contributed by atoms with Crippen LogP contribution in [0.1, 0.15) is 15.9 Å². The van der Waals surface area contributed by atoms with Gasteiger partial charge in [0.15, 0.2) is 11.6 Å². The van der Waals surface area contributed by atoms with Crippen molar-refractivity contribution in [2.24, 2.45) is 0 Å². The molecular weight excluding hydrogens is 426 g/mol. The molecule has 154 valence electrons. The smallest absolute Gasteiger partial charge is 0.308 e. The number of fused-ring (bicyclic) bond motifs is 1. The number of hydrogen-bond acceptors (Lipinski definition) is 4. The summed E-state index contributed by atoms with van der Waals surface area (Å²) in [6.07, 6.45) is 2.94. The fourth-order valence-corrected chi connectivity index (χ4v) is 3.15. The second-order valence-electron chi connectivity index (χ2n) is 6.46. The molecule has 0 bridgehead atoms. The highest BCUT2D eigenvalue weighted by atomic mass is 35.5. The minimum Gasteiger partial charge on any atom is -0.308 e. The first kappa shape index (κ1) is 20.4. The molecule has 3 aromatic carbocycles. The van der Waals surface area contributed by atoms with E-state index >= 15 is 0 Å². The fourth-order valence-electron chi connectivity index (χ4n) is 2.96. The van der Waals surface area contributed by atoms with Crippen LogP contribution < -0.4 is 10.6 Å². The van der Waals surface area contributed by atoms with E-state index in [0.717, 1.165) is 12.1 Å². The third-order valence-electron chi connectivity index (χ3n) is 4.38. The van der Waals surface area contributed by atoms with Gasteiger partial charge in [-0.15, -0.1) is 0 Å². The number of rotatable bonds is 4. The van der Waals surface area contributed by atoms with E-state index in [1.165, 1.54) is 36.7 Å². The quantitative estimate of drug-likeness (QED) is 0.416. The summed E-state index contributed by atoms with van der Waals surface area (Å²) in [5.41, 5.74) is 0.207. The van der Waals surface area contributed by atoms with Crippen molar-refractivity contribution >= 4 is 45.8 Å². The number of urea groups is 1. The second-order valence-corrected chi connectivity index (χ2v) is 6.90. The SMILES string of the molecule is O=C(Nc1cccc(Cl)c1)Nc1ccc(F)c(C(=O)c2ccc3nccnc3c2)c1F. The lowest BCUT2D eigenvalue weighted by Gasteiger charge is -2.12. The molecule has 0 radical (unpaired) electrons. The van der Waals surface area contributed by atoms with E-state index in [1.807, 2.05) is 0 Å². The summed E-state index contributed by atoms with van der Waals surface area (Å²) >= 11 is 5.86. The Balaban J connectivity index is 1.62. The van der Waals surface area contributed by atoms with Gasteiger partial charge in [0.05, 0.1) is 22.3 Å². The first-order chi connectivity index (χ1) is 14.9. The monoisotopic (exact) mass is 438 g/mol. The molecule has 2 N–H and O–H groups in total. The lowest BCUT2D eigenvalue weighted by atomic mass is 10.0. The van der Waals surface area contributed by atoms with E-state index in [-0.39, 0.29) is 11.3 Å². The predicted molar refractivity (Wildman–Crippen MR) is 113 cm³/mol. The van der Waals surface area contributed by atoms with Crippen molar-refractivity contribution in [1.82, 2.24) is 9.97 Å². The molecule has 9 heteroatoms. The maximum atomic E-state index is 15.0. The highest BCUT2D eigenvalue weighted by Crippen LogP contribution is 2.25. The molecule has 2 amide bonds. The zero-order valence-corrected chi connectivity index (χ0v) is 16.5. The molecule has 0 atom stereocenters. The standard InChI is InChI=1S/C22H13ClF2N4O2/c23-13-2-1-3-14(11-13)28-22(31)29-17-7-5-15(24)19(20(17)25)21(30)12-4-6-16-18(10-12)27-9-8-26-16/h1-11H,(H2,28,29,31). The first-order valence-electron chi connectivity index (χ1n) is 8.99. The Morgan fingerprint density at radius 3 is 2.42 bits per heavy atom. The van der Waals surface area contributed by atoms with Gasteiger partial charge in [-0.1, -0.05) is 17.7 Å². The Hall–Kier alpha value is -3.91. The zero-order chi connectivity index (χ0) is 22.0. The number of nitrogens with zero attached hydrogens (tertiary/aromatic N) is 2. The summed E-state index contributed by atoms with van der Waals surface area (Å²) in [7, 11) is 0. The Labute approximate surface area is 179 Å². The van der Waals surface area contributed by atoms with Crippen LogP contribution in [0.15, 0.2) is 67.0 Å². The number of nitrogens with one attached hydrogen (secondary N) is 2. The van der Waals surface area contributed by atoms with Crippen molar-refractivity contribution in [3.05, 3.63) is 94.8 Å². The van der Waals surface area contributed by atoms with E-state index in [4.69, 9.17) is 11.6 Å². The molecule has 0 fully saturated rings. The normalized spacial score (nSPS) is 10.7. The van der Waals surface area contributed by atoms with Gasteiger partial charge in [0.1, 0.15) is 5.82 Å². The van der Waals surface area contributed by atoms with Gasteiger partial charge in [0.25, 0.3) is 0 Å². The largest absolute Gasteiger partial charge is 0.323 e. The topological polar surface area (TPSA) is 84.0 Å². The Morgan fingerprint density at radius 1 is 0.871 bits per heavy atom. The van der Waals surface area contributed by atoms with Crippen LogP contribution in [0, 0.1) is 11.6 Å². The number of halogens is 3. The van der Waals surface area contributed by atoms with Crippen LogP contribution in [-0.2, 0) is 0 Å². The van der Waals surface area contributed by atoms with Crippen LogP contribution >= 0.6 is 11.6 Å². The van der Waals surface area contributed by atoms with Crippen molar-refractivity contribution < 1.29 is 18.4 Å². The summed E-state index contributed by atoms with van der Waals surface area (Å²) < 4.78 is 29.4. The van der Waals surface area contributed by atoms with Gasteiger partial charge in [0, 0.05) is 28.7 Å². The number of ketones is 1. The molecule has 0 saturated heterocycles. The minimum absolute atomic E-state index is 0.0336. The van der Waals surface area contributed by atoms with Crippen LogP contribution in [0.5, 0.6) is 0 Å². The van der Waals surface area contributed by atoms with E-state index < -0.39 is 29.0 Å². The third-order valence-corrected chi connectivity index (χ3v) is 4.62. The third kappa shape index (κ3) is 4.34. The van der Waals surface area contributed by atoms with E-state index in [9.17, 15) is 18.4 Å². The molecule has 31 heavy (non-hydrogen) atoms. The van der Waals surface area contributed by atoms with Crippen molar-refractivity contribution in [3.63, 3.8) is 0 Å². The summed E-state index contributed by atoms with van der Waals surface area (Å²) in [6, 6.07) is 11.8. The van der Waals surface area contributed by atoms with Crippen LogP contribution in [0.3, 0.4) is 0 Å². The average Bonchev–Trinajstić information content (AvgIpc) is 2.75. The molecule has 0 aliphatic heterocycles. The fraction of sp³-hybridized carbons (Fsp3) is 0. The van der Waals surface area contributed by atoms with Crippen LogP contribution in [0.4, 0.5) is 25.0 Å². The van der Waals surface area contributed by atoms with Gasteiger partial charge in [-0.2, -0.15) is 0 Å². The number of benzene rings is 3. The molecule has 0 spiro atoms. The zero-order valence-electron chi connectivity index (χ0n) is 15.7. The summed E-state index contributed by atoms with van der Waals surface area (Å²) in [6.45, 7) is 0. The maximum absolute atomic E-state index is 15.0. The lowest BCUT2D eigenvalue weighted by Crippen LogP contribution is -2.21. The average molecular weight is 439 g/mol. The molecule has 0 unspecified atom stereocenters. The van der Waals surface area contributed by atoms with Crippen molar-refractivity contribution in [3.8, 4) is 0 Å². The Bertz CT molecular complexity index is 1330. The number of aromatic nitrogens is 2. The van der Waals surface area contributed by atoms with E-state index in [1.54, 1.807) is 18.2 Å². The minimum atomic E-state index is -1.19. The second kappa shape index (κ2) is 8.45. The molecule has 0 aliphatic rings. The number of carbonyl (C=O) groups excluding carboxylic acids is 2. The van der Waals surface area contributed by atoms with Crippen molar-refractivity contribution in [2.75, 3.05) is 10.6 Å². The number of carbonyl (C=O) groups is 2. The Kier molecular flexibility index (Phi) is 5.55. The first-order valence-corrected chi connectivity index (χ1v) is 9.37. The van der Waals surface area contributed by atoms with Crippen LogP contribution in [0.2, 0.25) is 5.02 Å². The van der Waals surface area contributed by atoms with Crippen molar-refractivity contribution in [1.29, 1.82) is 0 Å². The molecule has 0 saturated carbocycles. The molecule has 4 aromatic rings. The van der Waals surface area contributed by atoms with Gasteiger partial charge < -0.3 is 10.6 Å². The highest BCUT2D eigenvalue weighted by Gasteiger charge is 2.23. The van der Waals surface area contributed by atoms with E-state index in [0.29, 0.717) is 21.7 Å².